The van der Waals surface area contributed by atoms with Crippen molar-refractivity contribution < 1.29 is 10.2 Å². The molecule has 3 saturated carbocycles. The fourth-order valence-electron chi connectivity index (χ4n) is 6.08. The molecule has 104 valence electrons. The van der Waals surface area contributed by atoms with Crippen LogP contribution in [-0.4, -0.2) is 21.4 Å². The molecule has 0 heterocycles. The Morgan fingerprint density at radius 2 is 1.56 bits per heavy atom. The third kappa shape index (κ3) is 1.42. The highest BCUT2D eigenvalue weighted by molar-refractivity contribution is 5.15. The van der Waals surface area contributed by atoms with Crippen molar-refractivity contribution >= 4 is 0 Å². The highest BCUT2D eigenvalue weighted by Crippen LogP contribution is 2.67. The van der Waals surface area contributed by atoms with Crippen molar-refractivity contribution in [3.8, 4) is 0 Å². The monoisotopic (exact) mass is 252 g/mol. The molecule has 0 aromatic rings. The lowest BCUT2D eigenvalue weighted by Crippen LogP contribution is -2.49. The maximum Gasteiger partial charge on any atom is 0.0708 e. The summed E-state index contributed by atoms with van der Waals surface area (Å²) < 4.78 is 0. The van der Waals surface area contributed by atoms with Crippen molar-refractivity contribution in [3.05, 3.63) is 0 Å². The second kappa shape index (κ2) is 3.52. The van der Waals surface area contributed by atoms with Crippen molar-refractivity contribution in [2.45, 2.75) is 58.7 Å². The largest absolute Gasteiger partial charge is 0.390 e. The van der Waals surface area contributed by atoms with Gasteiger partial charge in [0, 0.05) is 5.92 Å². The van der Waals surface area contributed by atoms with E-state index in [9.17, 15) is 10.2 Å². The van der Waals surface area contributed by atoms with Gasteiger partial charge in [-0.2, -0.15) is 0 Å². The lowest BCUT2D eigenvalue weighted by molar-refractivity contribution is -0.114. The van der Waals surface area contributed by atoms with Gasteiger partial charge in [0.05, 0.1) is 11.2 Å². The molecule has 3 aliphatic rings. The van der Waals surface area contributed by atoms with E-state index in [-0.39, 0.29) is 5.92 Å². The molecule has 0 spiro atoms. The van der Waals surface area contributed by atoms with E-state index in [2.05, 4.69) is 13.8 Å². The number of aliphatic hydroxyl groups is 2. The Morgan fingerprint density at radius 1 is 1.00 bits per heavy atom. The van der Waals surface area contributed by atoms with E-state index in [4.69, 9.17) is 0 Å². The Hall–Kier alpha value is -0.0800. The summed E-state index contributed by atoms with van der Waals surface area (Å²) in [6.07, 6.45) is 2.33. The van der Waals surface area contributed by atoms with Crippen LogP contribution in [0.15, 0.2) is 0 Å². The van der Waals surface area contributed by atoms with Gasteiger partial charge in [-0.25, -0.2) is 0 Å². The molecule has 0 saturated heterocycles. The average Bonchev–Trinajstić information content (AvgIpc) is 2.79. The molecule has 3 fully saturated rings. The summed E-state index contributed by atoms with van der Waals surface area (Å²) >= 11 is 0. The van der Waals surface area contributed by atoms with E-state index < -0.39 is 11.2 Å². The summed E-state index contributed by atoms with van der Waals surface area (Å²) in [5.74, 6) is 4.10. The molecular formula is C16H28O2. The van der Waals surface area contributed by atoms with Gasteiger partial charge in [-0.3, -0.25) is 0 Å². The van der Waals surface area contributed by atoms with Gasteiger partial charge in [-0.15, -0.1) is 0 Å². The van der Waals surface area contributed by atoms with E-state index in [1.54, 1.807) is 0 Å². The summed E-state index contributed by atoms with van der Waals surface area (Å²) in [7, 11) is 0. The summed E-state index contributed by atoms with van der Waals surface area (Å²) in [5, 5.41) is 21.4. The molecule has 0 radical (unpaired) electrons. The third-order valence-electron chi connectivity index (χ3n) is 6.94. The number of fused-ring (bicyclic) bond motifs is 5. The van der Waals surface area contributed by atoms with Gasteiger partial charge in [0.15, 0.2) is 0 Å². The molecule has 3 aliphatic carbocycles. The maximum absolute atomic E-state index is 11.0. The topological polar surface area (TPSA) is 40.5 Å². The molecule has 0 aromatic heterocycles. The van der Waals surface area contributed by atoms with Crippen LogP contribution in [-0.2, 0) is 0 Å². The van der Waals surface area contributed by atoms with Crippen LogP contribution in [0, 0.1) is 41.4 Å². The summed E-state index contributed by atoms with van der Waals surface area (Å²) in [4.78, 5) is 0. The van der Waals surface area contributed by atoms with Crippen molar-refractivity contribution in [1.82, 2.24) is 0 Å². The molecule has 18 heavy (non-hydrogen) atoms. The van der Waals surface area contributed by atoms with Crippen LogP contribution in [0.5, 0.6) is 0 Å². The van der Waals surface area contributed by atoms with Crippen molar-refractivity contribution in [2.24, 2.45) is 41.4 Å². The quantitative estimate of drug-likeness (QED) is 0.753. The minimum atomic E-state index is -0.764. The van der Waals surface area contributed by atoms with Crippen molar-refractivity contribution in [1.29, 1.82) is 0 Å². The van der Waals surface area contributed by atoms with Crippen molar-refractivity contribution in [3.63, 3.8) is 0 Å². The van der Waals surface area contributed by atoms with Crippen LogP contribution in [0.1, 0.15) is 47.5 Å². The zero-order valence-corrected chi connectivity index (χ0v) is 12.4. The molecule has 0 aliphatic heterocycles. The van der Waals surface area contributed by atoms with E-state index in [1.165, 1.54) is 6.42 Å². The second-order valence-corrected chi connectivity index (χ2v) is 8.14. The normalized spacial score (nSPS) is 59.2. The van der Waals surface area contributed by atoms with Crippen LogP contribution in [0.3, 0.4) is 0 Å². The molecule has 0 amide bonds. The predicted octanol–water partition coefficient (Wildman–Crippen LogP) is 2.68. The van der Waals surface area contributed by atoms with Crippen LogP contribution in [0.25, 0.3) is 0 Å². The number of hydrogen-bond donors (Lipinski definition) is 2. The zero-order chi connectivity index (χ0) is 13.5. The summed E-state index contributed by atoms with van der Waals surface area (Å²) in [6, 6.07) is 0. The molecule has 8 atom stereocenters. The first kappa shape index (κ1) is 12.9. The molecular weight excluding hydrogens is 224 g/mol. The molecule has 0 aromatic carbocycles. The standard InChI is InChI=1S/C16H28O2/c1-8-9(2)11-6-10(8)12-7-13(15(3,4)17)16(5,18)14(11)12/h8-14,17-18H,6-7H2,1-5H3. The first-order valence-corrected chi connectivity index (χ1v) is 7.60. The maximum atomic E-state index is 11.0. The van der Waals surface area contributed by atoms with Crippen LogP contribution in [0.4, 0.5) is 0 Å². The van der Waals surface area contributed by atoms with Crippen LogP contribution >= 0.6 is 0 Å². The van der Waals surface area contributed by atoms with E-state index >= 15 is 0 Å². The van der Waals surface area contributed by atoms with E-state index in [1.807, 2.05) is 20.8 Å². The Bertz CT molecular complexity index is 355. The van der Waals surface area contributed by atoms with Crippen LogP contribution in [0.2, 0.25) is 0 Å². The minimum absolute atomic E-state index is 0.0304. The smallest absolute Gasteiger partial charge is 0.0708 e. The summed E-state index contributed by atoms with van der Waals surface area (Å²) in [5.41, 5.74) is -1.45. The third-order valence-corrected chi connectivity index (χ3v) is 6.94. The molecule has 2 nitrogen and oxygen atoms in total. The first-order chi connectivity index (χ1) is 8.15. The molecule has 2 heteroatoms. The van der Waals surface area contributed by atoms with Gasteiger partial charge in [-0.1, -0.05) is 13.8 Å². The van der Waals surface area contributed by atoms with Gasteiger partial charge < -0.3 is 10.2 Å². The first-order valence-electron chi connectivity index (χ1n) is 7.60. The molecule has 3 rings (SSSR count). The lowest BCUT2D eigenvalue weighted by Gasteiger charge is -2.42. The minimum Gasteiger partial charge on any atom is -0.390 e. The second-order valence-electron chi connectivity index (χ2n) is 8.14. The fourth-order valence-corrected chi connectivity index (χ4v) is 6.08. The summed E-state index contributed by atoms with van der Waals surface area (Å²) in [6.45, 7) is 10.5. The van der Waals surface area contributed by atoms with Gasteiger partial charge in [0.1, 0.15) is 0 Å². The highest BCUT2D eigenvalue weighted by Gasteiger charge is 2.67. The van der Waals surface area contributed by atoms with Crippen LogP contribution < -0.4 is 0 Å². The van der Waals surface area contributed by atoms with Gasteiger partial charge >= 0.3 is 0 Å². The molecule has 2 N–H and O–H groups in total. The molecule has 2 bridgehead atoms. The molecule has 8 unspecified atom stereocenters. The Kier molecular flexibility index (Phi) is 2.53. The number of hydrogen-bond acceptors (Lipinski definition) is 2. The average molecular weight is 252 g/mol. The predicted molar refractivity (Wildman–Crippen MR) is 71.9 cm³/mol. The van der Waals surface area contributed by atoms with Crippen molar-refractivity contribution in [2.75, 3.05) is 0 Å². The van der Waals surface area contributed by atoms with Gasteiger partial charge in [-0.05, 0) is 69.1 Å². The van der Waals surface area contributed by atoms with Gasteiger partial charge in [0.25, 0.3) is 0 Å². The van der Waals surface area contributed by atoms with Gasteiger partial charge in [0.2, 0.25) is 0 Å². The van der Waals surface area contributed by atoms with E-state index in [0.29, 0.717) is 17.8 Å². The lowest BCUT2D eigenvalue weighted by atomic mass is 9.67. The Balaban J connectivity index is 1.95. The fraction of sp³-hybridized carbons (Fsp3) is 1.00. The zero-order valence-electron chi connectivity index (χ0n) is 12.4. The number of rotatable bonds is 1. The Labute approximate surface area is 111 Å². The van der Waals surface area contributed by atoms with E-state index in [0.717, 1.165) is 24.2 Å². The SMILES string of the molecule is CC1C(C)C2CC1C1CC(C(C)(C)O)C(C)(O)C21. The highest BCUT2D eigenvalue weighted by atomic mass is 16.3. The Morgan fingerprint density at radius 3 is 2.11 bits per heavy atom.